The van der Waals surface area contributed by atoms with Crippen molar-refractivity contribution in [2.45, 2.75) is 13.0 Å². The van der Waals surface area contributed by atoms with Crippen molar-refractivity contribution >= 4 is 39.4 Å². The van der Waals surface area contributed by atoms with Crippen molar-refractivity contribution < 1.29 is 14.3 Å². The highest BCUT2D eigenvalue weighted by atomic mass is 16.5. The van der Waals surface area contributed by atoms with Crippen LogP contribution in [-0.2, 0) is 16.1 Å². The van der Waals surface area contributed by atoms with Crippen LogP contribution in [0.3, 0.4) is 0 Å². The Kier molecular flexibility index (Phi) is 4.82. The summed E-state index contributed by atoms with van der Waals surface area (Å²) in [7, 11) is 1.65. The fraction of sp³-hybridized carbons (Fsp3) is 0.261. The predicted molar refractivity (Wildman–Crippen MR) is 118 cm³/mol. The van der Waals surface area contributed by atoms with Crippen LogP contribution in [0.15, 0.2) is 54.7 Å². The topological polar surface area (TPSA) is 92.2 Å². The van der Waals surface area contributed by atoms with Crippen LogP contribution >= 0.6 is 0 Å². The molecule has 0 radical (unpaired) electrons. The third-order valence-corrected chi connectivity index (χ3v) is 5.83. The molecule has 4 aromatic rings. The van der Waals surface area contributed by atoms with Gasteiger partial charge in [-0.05, 0) is 36.4 Å². The maximum absolute atomic E-state index is 12.7. The average molecular weight is 417 g/mol. The Morgan fingerprint density at radius 1 is 1.26 bits per heavy atom. The summed E-state index contributed by atoms with van der Waals surface area (Å²) >= 11 is 0. The van der Waals surface area contributed by atoms with Gasteiger partial charge in [0.25, 0.3) is 0 Å². The first kappa shape index (κ1) is 19.2. The first-order chi connectivity index (χ1) is 15.1. The number of nitrogens with zero attached hydrogens (tertiary/aromatic N) is 3. The van der Waals surface area contributed by atoms with E-state index in [0.717, 1.165) is 27.6 Å². The predicted octanol–water partition coefficient (Wildman–Crippen LogP) is 2.70. The molecule has 0 aliphatic carbocycles. The number of H-pyrrole nitrogens is 1. The van der Waals surface area contributed by atoms with Gasteiger partial charge in [0.2, 0.25) is 11.8 Å². The van der Waals surface area contributed by atoms with Crippen molar-refractivity contribution in [1.29, 1.82) is 0 Å². The van der Waals surface area contributed by atoms with E-state index in [1.54, 1.807) is 12.0 Å². The molecule has 2 N–H and O–H groups in total. The Labute approximate surface area is 178 Å². The standard InChI is InChI=1S/C23H23N5O3/c1-31-17-6-7-20-15(12-17)8-10-27(20)11-9-24-23(30)16-13-21(29)28(14-16)22-18-4-2-3-5-19(18)25-26-22/h2-8,10,12,16H,9,11,13-14H2,1H3,(H,24,30)(H,25,26). The number of nitrogens with one attached hydrogen (secondary N) is 2. The largest absolute Gasteiger partial charge is 0.497 e. The van der Waals surface area contributed by atoms with E-state index >= 15 is 0 Å². The van der Waals surface area contributed by atoms with Crippen molar-refractivity contribution in [3.63, 3.8) is 0 Å². The zero-order valence-corrected chi connectivity index (χ0v) is 17.2. The van der Waals surface area contributed by atoms with Gasteiger partial charge in [-0.1, -0.05) is 12.1 Å². The first-order valence-electron chi connectivity index (χ1n) is 10.3. The molecule has 158 valence electrons. The lowest BCUT2D eigenvalue weighted by molar-refractivity contribution is -0.126. The van der Waals surface area contributed by atoms with Gasteiger partial charge in [-0.25, -0.2) is 0 Å². The summed E-state index contributed by atoms with van der Waals surface area (Å²) in [5.41, 5.74) is 1.96. The van der Waals surface area contributed by atoms with Crippen LogP contribution in [0.25, 0.3) is 21.8 Å². The number of aromatic amines is 1. The van der Waals surface area contributed by atoms with Crippen LogP contribution in [0.5, 0.6) is 5.75 Å². The van der Waals surface area contributed by atoms with Crippen LogP contribution in [0.2, 0.25) is 0 Å². The summed E-state index contributed by atoms with van der Waals surface area (Å²) in [6.07, 6.45) is 2.19. The number of para-hydroxylation sites is 1. The fourth-order valence-electron chi connectivity index (χ4n) is 4.19. The van der Waals surface area contributed by atoms with Crippen LogP contribution < -0.4 is 15.0 Å². The van der Waals surface area contributed by atoms with Gasteiger partial charge in [-0.2, -0.15) is 5.10 Å². The number of amides is 2. The molecule has 2 aromatic heterocycles. The molecule has 3 heterocycles. The maximum atomic E-state index is 12.7. The first-order valence-corrected chi connectivity index (χ1v) is 10.3. The number of hydrogen-bond acceptors (Lipinski definition) is 4. The highest BCUT2D eigenvalue weighted by molar-refractivity contribution is 6.05. The summed E-state index contributed by atoms with van der Waals surface area (Å²) in [4.78, 5) is 26.9. The highest BCUT2D eigenvalue weighted by Gasteiger charge is 2.36. The Bertz CT molecular complexity index is 1270. The van der Waals surface area contributed by atoms with Gasteiger partial charge in [0.05, 0.1) is 18.5 Å². The van der Waals surface area contributed by atoms with E-state index in [2.05, 4.69) is 20.1 Å². The molecule has 5 rings (SSSR count). The van der Waals surface area contributed by atoms with Crippen LogP contribution in [-0.4, -0.2) is 46.8 Å². The van der Waals surface area contributed by atoms with E-state index < -0.39 is 0 Å². The van der Waals surface area contributed by atoms with Crippen molar-refractivity contribution in [1.82, 2.24) is 20.1 Å². The molecule has 2 amide bonds. The lowest BCUT2D eigenvalue weighted by atomic mass is 10.1. The van der Waals surface area contributed by atoms with E-state index in [-0.39, 0.29) is 24.2 Å². The monoisotopic (exact) mass is 417 g/mol. The summed E-state index contributed by atoms with van der Waals surface area (Å²) < 4.78 is 7.36. The number of aromatic nitrogens is 3. The molecule has 2 aromatic carbocycles. The van der Waals surface area contributed by atoms with Gasteiger partial charge in [-0.15, -0.1) is 0 Å². The molecule has 1 fully saturated rings. The molecule has 1 unspecified atom stereocenters. The number of fused-ring (bicyclic) bond motifs is 2. The van der Waals surface area contributed by atoms with Crippen molar-refractivity contribution in [2.24, 2.45) is 5.92 Å². The highest BCUT2D eigenvalue weighted by Crippen LogP contribution is 2.29. The zero-order chi connectivity index (χ0) is 21.4. The third-order valence-electron chi connectivity index (χ3n) is 5.83. The second kappa shape index (κ2) is 7.79. The maximum Gasteiger partial charge on any atom is 0.229 e. The molecule has 8 heteroatoms. The third kappa shape index (κ3) is 3.50. The molecule has 1 atom stereocenters. The fourth-order valence-corrected chi connectivity index (χ4v) is 4.19. The summed E-state index contributed by atoms with van der Waals surface area (Å²) in [6.45, 7) is 1.48. The summed E-state index contributed by atoms with van der Waals surface area (Å²) in [6, 6.07) is 15.6. The quantitative estimate of drug-likeness (QED) is 0.505. The molecule has 1 aliphatic heterocycles. The normalized spacial score (nSPS) is 16.4. The van der Waals surface area contributed by atoms with Crippen molar-refractivity contribution in [2.75, 3.05) is 25.1 Å². The molecule has 1 saturated heterocycles. The van der Waals surface area contributed by atoms with Crippen LogP contribution in [0, 0.1) is 5.92 Å². The van der Waals surface area contributed by atoms with Crippen LogP contribution in [0.4, 0.5) is 5.82 Å². The Hall–Kier alpha value is -3.81. The minimum Gasteiger partial charge on any atom is -0.497 e. The van der Waals surface area contributed by atoms with Gasteiger partial charge in [-0.3, -0.25) is 19.6 Å². The van der Waals surface area contributed by atoms with Crippen LogP contribution in [0.1, 0.15) is 6.42 Å². The lowest BCUT2D eigenvalue weighted by Crippen LogP contribution is -2.34. The van der Waals surface area contributed by atoms with Gasteiger partial charge in [0.15, 0.2) is 5.82 Å². The van der Waals surface area contributed by atoms with Gasteiger partial charge < -0.3 is 14.6 Å². The summed E-state index contributed by atoms with van der Waals surface area (Å²) in [5.74, 6) is 0.842. The second-order valence-electron chi connectivity index (χ2n) is 7.72. The average Bonchev–Trinajstić information content (AvgIpc) is 3.50. The van der Waals surface area contributed by atoms with Crippen molar-refractivity contribution in [3.05, 3.63) is 54.7 Å². The lowest BCUT2D eigenvalue weighted by Gasteiger charge is -2.14. The number of hydrogen-bond donors (Lipinski definition) is 2. The number of benzene rings is 2. The number of ether oxygens (including phenoxy) is 1. The van der Waals surface area contributed by atoms with Gasteiger partial charge in [0.1, 0.15) is 5.75 Å². The second-order valence-corrected chi connectivity index (χ2v) is 7.72. The van der Waals surface area contributed by atoms with Gasteiger partial charge >= 0.3 is 0 Å². The van der Waals surface area contributed by atoms with E-state index in [1.165, 1.54) is 0 Å². The Morgan fingerprint density at radius 2 is 2.13 bits per heavy atom. The Morgan fingerprint density at radius 3 is 3.00 bits per heavy atom. The molecule has 1 aliphatic rings. The molecule has 0 spiro atoms. The van der Waals surface area contributed by atoms with E-state index in [1.807, 2.05) is 54.7 Å². The van der Waals surface area contributed by atoms with Gasteiger partial charge in [0, 0.05) is 48.5 Å². The number of rotatable bonds is 6. The number of anilines is 1. The molecule has 0 bridgehead atoms. The minimum atomic E-state index is -0.381. The number of carbonyl (C=O) groups is 2. The Balaban J connectivity index is 1.21. The molecule has 8 nitrogen and oxygen atoms in total. The molecule has 0 saturated carbocycles. The van der Waals surface area contributed by atoms with Crippen molar-refractivity contribution in [3.8, 4) is 5.75 Å². The van der Waals surface area contributed by atoms with E-state index in [9.17, 15) is 9.59 Å². The van der Waals surface area contributed by atoms with E-state index in [0.29, 0.717) is 25.5 Å². The smallest absolute Gasteiger partial charge is 0.229 e. The molecule has 31 heavy (non-hydrogen) atoms. The minimum absolute atomic E-state index is 0.0808. The van der Waals surface area contributed by atoms with E-state index in [4.69, 9.17) is 4.74 Å². The SMILES string of the molecule is COc1ccc2c(ccn2CCNC(=O)C2CC(=O)N(c3n[nH]c4ccccc34)C2)c1. The molecular formula is C23H23N5O3. The number of carbonyl (C=O) groups excluding carboxylic acids is 2. The zero-order valence-electron chi connectivity index (χ0n) is 17.2. The molecular weight excluding hydrogens is 394 g/mol. The summed E-state index contributed by atoms with van der Waals surface area (Å²) in [5, 5.41) is 12.2. The number of methoxy groups -OCH3 is 1.